The number of sulfonamides is 1. The largest absolute Gasteiger partial charge is 0.321 e. The molecule has 0 spiro atoms. The summed E-state index contributed by atoms with van der Waals surface area (Å²) in [5.74, 6) is -0.294. The minimum Gasteiger partial charge on any atom is -0.321 e. The molecule has 1 aromatic heterocycles. The topological polar surface area (TPSA) is 75.3 Å². The normalized spacial score (nSPS) is 12.8. The van der Waals surface area contributed by atoms with Gasteiger partial charge >= 0.3 is 0 Å². The standard InChI is InChI=1S/C18H24N2O3S2/c1-5-13(3)20-25(22,23)11-15-7-6-8-16(10-15)19-18(21)17-9-12(2)14(4)24-17/h6-10,13,20H,5,11H2,1-4H3,(H,19,21). The van der Waals surface area contributed by atoms with Crippen molar-refractivity contribution in [3.63, 3.8) is 0 Å². The van der Waals surface area contributed by atoms with E-state index >= 15 is 0 Å². The molecule has 1 amide bonds. The van der Waals surface area contributed by atoms with Crippen molar-refractivity contribution in [3.05, 3.63) is 51.2 Å². The van der Waals surface area contributed by atoms with Gasteiger partial charge in [0, 0.05) is 16.6 Å². The number of thiophene rings is 1. The van der Waals surface area contributed by atoms with Crippen LogP contribution in [-0.4, -0.2) is 20.4 Å². The quantitative estimate of drug-likeness (QED) is 0.766. The minimum absolute atomic E-state index is 0.0989. The average Bonchev–Trinajstić information content (AvgIpc) is 2.86. The summed E-state index contributed by atoms with van der Waals surface area (Å²) in [6.07, 6.45) is 0.731. The van der Waals surface area contributed by atoms with Gasteiger partial charge in [0.2, 0.25) is 10.0 Å². The Morgan fingerprint density at radius 1 is 1.24 bits per heavy atom. The second kappa shape index (κ2) is 8.12. The van der Waals surface area contributed by atoms with Crippen LogP contribution in [0.5, 0.6) is 0 Å². The van der Waals surface area contributed by atoms with E-state index in [-0.39, 0.29) is 17.7 Å². The zero-order valence-corrected chi connectivity index (χ0v) is 16.6. The second-order valence-corrected chi connectivity index (χ2v) is 9.20. The first-order valence-electron chi connectivity index (χ1n) is 8.17. The van der Waals surface area contributed by atoms with Crippen LogP contribution < -0.4 is 10.0 Å². The van der Waals surface area contributed by atoms with Crippen LogP contribution in [0.4, 0.5) is 5.69 Å². The van der Waals surface area contributed by atoms with E-state index in [4.69, 9.17) is 0 Å². The Bertz CT molecular complexity index is 837. The molecule has 0 aliphatic carbocycles. The number of benzene rings is 1. The van der Waals surface area contributed by atoms with Crippen LogP contribution in [0, 0.1) is 13.8 Å². The highest BCUT2D eigenvalue weighted by atomic mass is 32.2. The molecule has 0 aliphatic rings. The molecule has 2 N–H and O–H groups in total. The number of rotatable bonds is 7. The van der Waals surface area contributed by atoms with E-state index in [1.165, 1.54) is 11.3 Å². The lowest BCUT2D eigenvalue weighted by Crippen LogP contribution is -2.32. The zero-order valence-electron chi connectivity index (χ0n) is 14.9. The summed E-state index contributed by atoms with van der Waals surface area (Å²) in [7, 11) is -3.41. The molecule has 0 aliphatic heterocycles. The minimum atomic E-state index is -3.41. The van der Waals surface area contributed by atoms with Gasteiger partial charge in [0.1, 0.15) is 0 Å². The van der Waals surface area contributed by atoms with E-state index in [9.17, 15) is 13.2 Å². The molecule has 1 unspecified atom stereocenters. The van der Waals surface area contributed by atoms with E-state index in [2.05, 4.69) is 10.0 Å². The lowest BCUT2D eigenvalue weighted by Gasteiger charge is -2.12. The Kier molecular flexibility index (Phi) is 6.37. The first kappa shape index (κ1) is 19.6. The van der Waals surface area contributed by atoms with Gasteiger partial charge in [-0.2, -0.15) is 0 Å². The Balaban J connectivity index is 2.09. The Hall–Kier alpha value is -1.70. The highest BCUT2D eigenvalue weighted by Crippen LogP contribution is 2.22. The molecular weight excluding hydrogens is 356 g/mol. The molecule has 0 saturated carbocycles. The number of carbonyl (C=O) groups excluding carboxylic acids is 1. The summed E-state index contributed by atoms with van der Waals surface area (Å²) in [4.78, 5) is 14.1. The van der Waals surface area contributed by atoms with Crippen LogP contribution >= 0.6 is 11.3 Å². The van der Waals surface area contributed by atoms with Crippen molar-refractivity contribution < 1.29 is 13.2 Å². The third-order valence-corrected chi connectivity index (χ3v) is 6.55. The summed E-state index contributed by atoms with van der Waals surface area (Å²) in [6, 6.07) is 8.70. The van der Waals surface area contributed by atoms with Crippen LogP contribution in [0.1, 0.15) is 45.9 Å². The molecule has 1 atom stereocenters. The molecule has 2 rings (SSSR count). The summed E-state index contributed by atoms with van der Waals surface area (Å²) in [6.45, 7) is 7.71. The van der Waals surface area contributed by atoms with E-state index in [0.29, 0.717) is 16.1 Å². The van der Waals surface area contributed by atoms with Crippen molar-refractivity contribution in [2.24, 2.45) is 0 Å². The van der Waals surface area contributed by atoms with Gasteiger partial charge in [-0.25, -0.2) is 13.1 Å². The predicted molar refractivity (Wildman–Crippen MR) is 104 cm³/mol. The number of aryl methyl sites for hydroxylation is 2. The fraction of sp³-hybridized carbons (Fsp3) is 0.389. The molecule has 0 bridgehead atoms. The summed E-state index contributed by atoms with van der Waals surface area (Å²) in [5.41, 5.74) is 2.31. The number of hydrogen-bond acceptors (Lipinski definition) is 4. The highest BCUT2D eigenvalue weighted by molar-refractivity contribution is 7.88. The van der Waals surface area contributed by atoms with Gasteiger partial charge in [-0.05, 0) is 56.5 Å². The van der Waals surface area contributed by atoms with Crippen LogP contribution in [0.2, 0.25) is 0 Å². The molecule has 25 heavy (non-hydrogen) atoms. The van der Waals surface area contributed by atoms with Gasteiger partial charge in [0.25, 0.3) is 5.91 Å². The smallest absolute Gasteiger partial charge is 0.265 e. The van der Waals surface area contributed by atoms with Crippen molar-refractivity contribution in [1.29, 1.82) is 0 Å². The lowest BCUT2D eigenvalue weighted by molar-refractivity contribution is 0.103. The third kappa shape index (κ3) is 5.66. The first-order valence-corrected chi connectivity index (χ1v) is 10.6. The number of anilines is 1. The van der Waals surface area contributed by atoms with Crippen molar-refractivity contribution in [1.82, 2.24) is 4.72 Å². The molecule has 136 valence electrons. The van der Waals surface area contributed by atoms with Crippen molar-refractivity contribution in [3.8, 4) is 0 Å². The van der Waals surface area contributed by atoms with Gasteiger partial charge in [0.05, 0.1) is 10.6 Å². The fourth-order valence-electron chi connectivity index (χ4n) is 2.27. The molecule has 5 nitrogen and oxygen atoms in total. The van der Waals surface area contributed by atoms with Crippen LogP contribution in [-0.2, 0) is 15.8 Å². The van der Waals surface area contributed by atoms with Gasteiger partial charge in [-0.15, -0.1) is 11.3 Å². The third-order valence-electron chi connectivity index (χ3n) is 3.92. The van der Waals surface area contributed by atoms with E-state index < -0.39 is 10.0 Å². The van der Waals surface area contributed by atoms with E-state index in [1.807, 2.05) is 33.8 Å². The molecule has 2 aromatic rings. The molecule has 0 saturated heterocycles. The van der Waals surface area contributed by atoms with Crippen molar-refractivity contribution in [2.45, 2.75) is 45.9 Å². The van der Waals surface area contributed by atoms with Crippen LogP contribution in [0.15, 0.2) is 30.3 Å². The van der Waals surface area contributed by atoms with E-state index in [0.717, 1.165) is 16.9 Å². The Morgan fingerprint density at radius 2 is 1.96 bits per heavy atom. The average molecular weight is 381 g/mol. The van der Waals surface area contributed by atoms with Crippen LogP contribution in [0.3, 0.4) is 0 Å². The number of hydrogen-bond donors (Lipinski definition) is 2. The number of carbonyl (C=O) groups is 1. The number of amides is 1. The Labute approximate surface area is 153 Å². The Morgan fingerprint density at radius 3 is 2.56 bits per heavy atom. The van der Waals surface area contributed by atoms with Gasteiger partial charge in [0.15, 0.2) is 0 Å². The zero-order chi connectivity index (χ0) is 18.6. The molecule has 1 heterocycles. The maximum Gasteiger partial charge on any atom is 0.265 e. The summed E-state index contributed by atoms with van der Waals surface area (Å²) in [5, 5.41) is 2.83. The highest BCUT2D eigenvalue weighted by Gasteiger charge is 2.15. The van der Waals surface area contributed by atoms with Crippen molar-refractivity contribution >= 4 is 33.0 Å². The monoisotopic (exact) mass is 380 g/mol. The van der Waals surface area contributed by atoms with Crippen molar-refractivity contribution in [2.75, 3.05) is 5.32 Å². The van der Waals surface area contributed by atoms with Gasteiger partial charge < -0.3 is 5.32 Å². The van der Waals surface area contributed by atoms with Crippen LogP contribution in [0.25, 0.3) is 0 Å². The molecule has 0 fully saturated rings. The van der Waals surface area contributed by atoms with Gasteiger partial charge in [-0.1, -0.05) is 19.1 Å². The molecular formula is C18H24N2O3S2. The van der Waals surface area contributed by atoms with Gasteiger partial charge in [-0.3, -0.25) is 4.79 Å². The maximum absolute atomic E-state index is 12.3. The number of nitrogens with one attached hydrogen (secondary N) is 2. The van der Waals surface area contributed by atoms with E-state index in [1.54, 1.807) is 24.3 Å². The predicted octanol–water partition coefficient (Wildman–Crippen LogP) is 3.84. The SMILES string of the molecule is CCC(C)NS(=O)(=O)Cc1cccc(NC(=O)c2cc(C)c(C)s2)c1. The fourth-order valence-corrected chi connectivity index (χ4v) is 4.68. The lowest BCUT2D eigenvalue weighted by atomic mass is 10.2. The second-order valence-electron chi connectivity index (χ2n) is 6.19. The molecule has 0 radical (unpaired) electrons. The summed E-state index contributed by atoms with van der Waals surface area (Å²) < 4.78 is 27.0. The molecule has 7 heteroatoms. The summed E-state index contributed by atoms with van der Waals surface area (Å²) >= 11 is 1.45. The molecule has 1 aromatic carbocycles. The first-order chi connectivity index (χ1) is 11.7. The maximum atomic E-state index is 12.3.